The zero-order valence-corrected chi connectivity index (χ0v) is 15.8. The molecule has 29 heavy (non-hydrogen) atoms. The Hall–Kier alpha value is -3.66. The number of nitro benzene ring substituents is 1. The van der Waals surface area contributed by atoms with Crippen LogP contribution in [0.4, 0.5) is 10.5 Å². The number of nitrogens with zero attached hydrogens (tertiary/aromatic N) is 2. The van der Waals surface area contributed by atoms with Gasteiger partial charge in [-0.15, -0.1) is 0 Å². The zero-order chi connectivity index (χ0) is 21.1. The highest BCUT2D eigenvalue weighted by Crippen LogP contribution is 2.34. The Labute approximate surface area is 168 Å². The van der Waals surface area contributed by atoms with Crippen LogP contribution in [0.2, 0.25) is 0 Å². The van der Waals surface area contributed by atoms with Crippen LogP contribution >= 0.6 is 11.8 Å². The molecular formula is C19H14N2O7S. The van der Waals surface area contributed by atoms with E-state index in [0.29, 0.717) is 17.3 Å². The van der Waals surface area contributed by atoms with E-state index in [0.717, 1.165) is 4.90 Å². The first-order valence-electron chi connectivity index (χ1n) is 8.20. The number of thioether (sulfide) groups is 1. The molecule has 9 nitrogen and oxygen atoms in total. The van der Waals surface area contributed by atoms with Gasteiger partial charge in [0.25, 0.3) is 16.8 Å². The van der Waals surface area contributed by atoms with Gasteiger partial charge in [-0.3, -0.25) is 29.4 Å². The van der Waals surface area contributed by atoms with Crippen molar-refractivity contribution in [2.45, 2.75) is 0 Å². The number of aromatic hydroxyl groups is 1. The minimum absolute atomic E-state index is 0.107. The average molecular weight is 414 g/mol. The number of rotatable bonds is 6. The van der Waals surface area contributed by atoms with Gasteiger partial charge >= 0.3 is 0 Å². The van der Waals surface area contributed by atoms with Gasteiger partial charge in [-0.2, -0.15) is 0 Å². The number of carbonyl (C=O) groups is 3. The molecule has 0 spiro atoms. The van der Waals surface area contributed by atoms with E-state index < -0.39 is 28.4 Å². The number of ketones is 1. The fraction of sp³-hybridized carbons (Fsp3) is 0.105. The number of methoxy groups -OCH3 is 1. The molecule has 148 valence electrons. The van der Waals surface area contributed by atoms with Gasteiger partial charge in [-0.1, -0.05) is 6.07 Å². The smallest absolute Gasteiger partial charge is 0.293 e. The summed E-state index contributed by atoms with van der Waals surface area (Å²) in [5, 5.41) is 19.9. The third kappa shape index (κ3) is 4.27. The first kappa shape index (κ1) is 20.1. The molecular weight excluding hydrogens is 400 g/mol. The van der Waals surface area contributed by atoms with Crippen molar-refractivity contribution in [2.75, 3.05) is 13.7 Å². The van der Waals surface area contributed by atoms with Crippen molar-refractivity contribution in [3.8, 4) is 11.5 Å². The van der Waals surface area contributed by atoms with Gasteiger partial charge < -0.3 is 9.84 Å². The largest absolute Gasteiger partial charge is 0.504 e. The first-order valence-corrected chi connectivity index (χ1v) is 9.02. The van der Waals surface area contributed by atoms with Crippen molar-refractivity contribution in [3.63, 3.8) is 0 Å². The van der Waals surface area contributed by atoms with Crippen molar-refractivity contribution < 1.29 is 29.2 Å². The summed E-state index contributed by atoms with van der Waals surface area (Å²) in [5.41, 5.74) is 0.465. The predicted octanol–water partition coefficient (Wildman–Crippen LogP) is 3.23. The third-order valence-corrected chi connectivity index (χ3v) is 4.98. The molecule has 1 saturated heterocycles. The highest BCUT2D eigenvalue weighted by atomic mass is 32.2. The Bertz CT molecular complexity index is 1050. The maximum absolute atomic E-state index is 12.5. The fourth-order valence-electron chi connectivity index (χ4n) is 2.59. The molecule has 0 aromatic heterocycles. The molecule has 1 heterocycles. The van der Waals surface area contributed by atoms with Crippen molar-refractivity contribution >= 4 is 40.5 Å². The lowest BCUT2D eigenvalue weighted by Crippen LogP contribution is -2.33. The van der Waals surface area contributed by atoms with Crippen LogP contribution in [0.1, 0.15) is 15.9 Å². The van der Waals surface area contributed by atoms with E-state index in [2.05, 4.69) is 0 Å². The van der Waals surface area contributed by atoms with Crippen LogP contribution < -0.4 is 4.74 Å². The number of carbonyl (C=O) groups excluding carboxylic acids is 3. The SMILES string of the molecule is COc1ccc(/C=C2/SC(=O)N(CC(=O)c3ccc([N+](=O)[O-])cc3)C2=O)cc1O. The van der Waals surface area contributed by atoms with E-state index in [1.807, 2.05) is 0 Å². The molecule has 3 rings (SSSR count). The lowest BCUT2D eigenvalue weighted by molar-refractivity contribution is -0.384. The molecule has 2 aromatic carbocycles. The molecule has 0 aliphatic carbocycles. The van der Waals surface area contributed by atoms with Crippen LogP contribution in [0.5, 0.6) is 11.5 Å². The number of hydrogen-bond donors (Lipinski definition) is 1. The molecule has 0 saturated carbocycles. The Morgan fingerprint density at radius 3 is 2.52 bits per heavy atom. The number of imide groups is 1. The number of nitro groups is 1. The van der Waals surface area contributed by atoms with Crippen molar-refractivity contribution in [1.29, 1.82) is 0 Å². The second-order valence-electron chi connectivity index (χ2n) is 5.93. The van der Waals surface area contributed by atoms with E-state index in [1.54, 1.807) is 6.07 Å². The fourth-order valence-corrected chi connectivity index (χ4v) is 3.43. The van der Waals surface area contributed by atoms with Crippen LogP contribution in [0.15, 0.2) is 47.4 Å². The summed E-state index contributed by atoms with van der Waals surface area (Å²) in [6.45, 7) is -0.478. The summed E-state index contributed by atoms with van der Waals surface area (Å²) in [7, 11) is 1.40. The number of non-ortho nitro benzene ring substituents is 1. The monoisotopic (exact) mass is 414 g/mol. The topological polar surface area (TPSA) is 127 Å². The quantitative estimate of drug-likeness (QED) is 0.330. The summed E-state index contributed by atoms with van der Waals surface area (Å²) in [6, 6.07) is 9.41. The molecule has 1 N–H and O–H groups in total. The summed E-state index contributed by atoms with van der Waals surface area (Å²) >= 11 is 0.680. The molecule has 2 amide bonds. The normalized spacial score (nSPS) is 15.1. The van der Waals surface area contributed by atoms with Gasteiger partial charge in [0.2, 0.25) is 0 Å². The minimum atomic E-state index is -0.634. The maximum Gasteiger partial charge on any atom is 0.293 e. The van der Waals surface area contributed by atoms with E-state index in [4.69, 9.17) is 4.74 Å². The lowest BCUT2D eigenvalue weighted by atomic mass is 10.1. The minimum Gasteiger partial charge on any atom is -0.504 e. The Balaban J connectivity index is 1.75. The number of benzene rings is 2. The summed E-state index contributed by atoms with van der Waals surface area (Å²) in [6.07, 6.45) is 1.43. The van der Waals surface area contributed by atoms with Gasteiger partial charge in [-0.05, 0) is 47.7 Å². The van der Waals surface area contributed by atoms with Crippen molar-refractivity contribution in [1.82, 2.24) is 4.90 Å². The average Bonchev–Trinajstić information content (AvgIpc) is 2.95. The van der Waals surface area contributed by atoms with E-state index in [1.165, 1.54) is 49.6 Å². The Morgan fingerprint density at radius 1 is 1.24 bits per heavy atom. The van der Waals surface area contributed by atoms with Crippen LogP contribution in [-0.2, 0) is 4.79 Å². The van der Waals surface area contributed by atoms with Gasteiger partial charge in [-0.25, -0.2) is 0 Å². The summed E-state index contributed by atoms with van der Waals surface area (Å²) in [5.74, 6) is -1.01. The molecule has 2 aromatic rings. The van der Waals surface area contributed by atoms with Gasteiger partial charge in [0.15, 0.2) is 17.3 Å². The highest BCUT2D eigenvalue weighted by Gasteiger charge is 2.36. The number of amides is 2. The number of phenols is 1. The van der Waals surface area contributed by atoms with Crippen LogP contribution in [0.25, 0.3) is 6.08 Å². The zero-order valence-electron chi connectivity index (χ0n) is 15.0. The van der Waals surface area contributed by atoms with E-state index in [9.17, 15) is 29.6 Å². The van der Waals surface area contributed by atoms with Gasteiger partial charge in [0, 0.05) is 17.7 Å². The second-order valence-corrected chi connectivity index (χ2v) is 6.92. The van der Waals surface area contributed by atoms with Crippen molar-refractivity contribution in [3.05, 3.63) is 68.6 Å². The third-order valence-electron chi connectivity index (χ3n) is 4.08. The first-order chi connectivity index (χ1) is 13.8. The van der Waals surface area contributed by atoms with Crippen LogP contribution in [0, 0.1) is 10.1 Å². The summed E-state index contributed by atoms with van der Waals surface area (Å²) < 4.78 is 4.95. The number of phenolic OH excluding ortho intramolecular Hbond substituents is 1. The molecule has 0 bridgehead atoms. The van der Waals surface area contributed by atoms with Crippen molar-refractivity contribution in [2.24, 2.45) is 0 Å². The lowest BCUT2D eigenvalue weighted by Gasteiger charge is -2.11. The molecule has 1 aliphatic heterocycles. The highest BCUT2D eigenvalue weighted by molar-refractivity contribution is 8.18. The van der Waals surface area contributed by atoms with E-state index >= 15 is 0 Å². The Morgan fingerprint density at radius 2 is 1.93 bits per heavy atom. The van der Waals surface area contributed by atoms with E-state index in [-0.39, 0.29) is 27.7 Å². The summed E-state index contributed by atoms with van der Waals surface area (Å²) in [4.78, 5) is 48.1. The molecule has 0 atom stereocenters. The molecule has 10 heteroatoms. The molecule has 0 unspecified atom stereocenters. The Kier molecular flexibility index (Phi) is 5.64. The standard InChI is InChI=1S/C19H14N2O7S/c1-28-16-7-2-11(8-14(16)22)9-17-18(24)20(19(25)29-17)10-15(23)12-3-5-13(6-4-12)21(26)27/h2-9,22H,10H2,1H3/b17-9+. The predicted molar refractivity (Wildman–Crippen MR) is 105 cm³/mol. The van der Waals surface area contributed by atoms with Gasteiger partial charge in [0.1, 0.15) is 0 Å². The maximum atomic E-state index is 12.5. The number of ether oxygens (including phenoxy) is 1. The van der Waals surface area contributed by atoms with Crippen LogP contribution in [0.3, 0.4) is 0 Å². The molecule has 1 aliphatic rings. The van der Waals surface area contributed by atoms with Gasteiger partial charge in [0.05, 0.1) is 23.5 Å². The molecule has 1 fully saturated rings. The van der Waals surface area contributed by atoms with Crippen LogP contribution in [-0.4, -0.2) is 45.5 Å². The second kappa shape index (κ2) is 8.15. The number of Topliss-reactive ketones (excluding diaryl/α,β-unsaturated/α-hetero) is 1. The number of hydrogen-bond acceptors (Lipinski definition) is 8. The molecule has 0 radical (unpaired) electrons.